The molecule has 4 rings (SSSR count). The van der Waals surface area contributed by atoms with Crippen molar-refractivity contribution in [2.75, 3.05) is 12.4 Å². The first-order chi connectivity index (χ1) is 14.3. The molecule has 4 aromatic rings. The number of ether oxygens (including phenoxy) is 1. The van der Waals surface area contributed by atoms with Gasteiger partial charge in [0.1, 0.15) is 10.6 Å². The molecule has 0 aliphatic carbocycles. The summed E-state index contributed by atoms with van der Waals surface area (Å²) in [5.41, 5.74) is 1.57. The van der Waals surface area contributed by atoms with Crippen LogP contribution in [0.2, 0.25) is 0 Å². The third-order valence-electron chi connectivity index (χ3n) is 4.60. The Bertz CT molecular complexity index is 1230. The maximum atomic E-state index is 12.9. The SMILES string of the molecule is COc1ccc(-c2cn3c(C)c(C(=O)Nc4cccc(C(F)(F)F)c4)sc3n2)cc1. The molecule has 5 nitrogen and oxygen atoms in total. The number of aryl methyl sites for hydroxylation is 1. The van der Waals surface area contributed by atoms with Gasteiger partial charge < -0.3 is 10.1 Å². The Balaban J connectivity index is 1.59. The van der Waals surface area contributed by atoms with Gasteiger partial charge in [0.15, 0.2) is 4.96 Å². The number of carbonyl (C=O) groups is 1. The lowest BCUT2D eigenvalue weighted by Gasteiger charge is -2.09. The van der Waals surface area contributed by atoms with E-state index in [4.69, 9.17) is 4.74 Å². The molecule has 2 aromatic heterocycles. The zero-order valence-electron chi connectivity index (χ0n) is 15.9. The van der Waals surface area contributed by atoms with Crippen LogP contribution in [0.1, 0.15) is 20.9 Å². The average molecular weight is 431 g/mol. The first-order valence-corrected chi connectivity index (χ1v) is 9.69. The third kappa shape index (κ3) is 3.76. The van der Waals surface area contributed by atoms with E-state index in [2.05, 4.69) is 10.3 Å². The van der Waals surface area contributed by atoms with Crippen LogP contribution in [0, 0.1) is 6.92 Å². The van der Waals surface area contributed by atoms with Crippen LogP contribution in [0.5, 0.6) is 5.75 Å². The van der Waals surface area contributed by atoms with E-state index >= 15 is 0 Å². The summed E-state index contributed by atoms with van der Waals surface area (Å²) in [6.45, 7) is 1.77. The fourth-order valence-electron chi connectivity index (χ4n) is 3.02. The molecule has 0 bridgehead atoms. The van der Waals surface area contributed by atoms with Crippen molar-refractivity contribution in [3.63, 3.8) is 0 Å². The summed E-state index contributed by atoms with van der Waals surface area (Å²) in [5, 5.41) is 2.54. The standard InChI is InChI=1S/C21H16F3N3O2S/c1-12-18(19(28)25-15-5-3-4-14(10-15)21(22,23)24)30-20-26-17(11-27(12)20)13-6-8-16(29-2)9-7-13/h3-11H,1-2H3,(H,25,28). The number of nitrogens with zero attached hydrogens (tertiary/aromatic N) is 2. The van der Waals surface area contributed by atoms with Crippen molar-refractivity contribution in [1.29, 1.82) is 0 Å². The molecule has 0 saturated heterocycles. The molecular formula is C21H16F3N3O2S. The van der Waals surface area contributed by atoms with Gasteiger partial charge in [-0.15, -0.1) is 0 Å². The van der Waals surface area contributed by atoms with Crippen LogP contribution in [0.4, 0.5) is 18.9 Å². The Kier molecular flexibility index (Phi) is 4.98. The molecule has 0 fully saturated rings. The topological polar surface area (TPSA) is 55.6 Å². The van der Waals surface area contributed by atoms with Gasteiger partial charge in [-0.2, -0.15) is 13.2 Å². The van der Waals surface area contributed by atoms with Gasteiger partial charge in [0.25, 0.3) is 5.91 Å². The van der Waals surface area contributed by atoms with Crippen LogP contribution >= 0.6 is 11.3 Å². The Labute approximate surface area is 173 Å². The molecule has 0 unspecified atom stereocenters. The van der Waals surface area contributed by atoms with E-state index in [0.29, 0.717) is 15.5 Å². The molecule has 154 valence electrons. The van der Waals surface area contributed by atoms with Gasteiger partial charge in [0, 0.05) is 23.1 Å². The number of methoxy groups -OCH3 is 1. The van der Waals surface area contributed by atoms with Crippen LogP contribution in [0.15, 0.2) is 54.7 Å². The number of fused-ring (bicyclic) bond motifs is 1. The predicted octanol–water partition coefficient (Wildman–Crippen LogP) is 5.65. The van der Waals surface area contributed by atoms with Gasteiger partial charge in [-0.1, -0.05) is 17.4 Å². The van der Waals surface area contributed by atoms with Crippen molar-refractivity contribution in [2.24, 2.45) is 0 Å². The van der Waals surface area contributed by atoms with Gasteiger partial charge in [-0.3, -0.25) is 9.20 Å². The van der Waals surface area contributed by atoms with Gasteiger partial charge in [-0.25, -0.2) is 4.98 Å². The van der Waals surface area contributed by atoms with Crippen molar-refractivity contribution >= 4 is 27.9 Å². The van der Waals surface area contributed by atoms with Crippen LogP contribution in [-0.2, 0) is 6.18 Å². The summed E-state index contributed by atoms with van der Waals surface area (Å²) in [7, 11) is 1.59. The van der Waals surface area contributed by atoms with E-state index in [-0.39, 0.29) is 5.69 Å². The highest BCUT2D eigenvalue weighted by Crippen LogP contribution is 2.32. The molecule has 0 atom stereocenters. The van der Waals surface area contributed by atoms with E-state index < -0.39 is 17.6 Å². The van der Waals surface area contributed by atoms with Gasteiger partial charge in [0.2, 0.25) is 0 Å². The highest BCUT2D eigenvalue weighted by Gasteiger charge is 2.30. The second-order valence-electron chi connectivity index (χ2n) is 6.56. The largest absolute Gasteiger partial charge is 0.497 e. The Morgan fingerprint density at radius 2 is 1.90 bits per heavy atom. The monoisotopic (exact) mass is 431 g/mol. The lowest BCUT2D eigenvalue weighted by molar-refractivity contribution is -0.137. The minimum Gasteiger partial charge on any atom is -0.497 e. The van der Waals surface area contributed by atoms with E-state index in [1.165, 1.54) is 23.5 Å². The summed E-state index contributed by atoms with van der Waals surface area (Å²) < 4.78 is 45.6. The number of alkyl halides is 3. The second kappa shape index (κ2) is 7.49. The number of hydrogen-bond donors (Lipinski definition) is 1. The van der Waals surface area contributed by atoms with Crippen molar-refractivity contribution in [3.8, 4) is 17.0 Å². The Morgan fingerprint density at radius 1 is 1.17 bits per heavy atom. The molecule has 30 heavy (non-hydrogen) atoms. The van der Waals surface area contributed by atoms with E-state index in [1.807, 2.05) is 30.5 Å². The number of aromatic nitrogens is 2. The molecular weight excluding hydrogens is 415 g/mol. The van der Waals surface area contributed by atoms with E-state index in [1.54, 1.807) is 18.4 Å². The maximum Gasteiger partial charge on any atom is 0.416 e. The molecule has 0 aliphatic heterocycles. The van der Waals surface area contributed by atoms with Gasteiger partial charge in [-0.05, 0) is 49.4 Å². The molecule has 1 amide bonds. The normalized spacial score (nSPS) is 11.6. The summed E-state index contributed by atoms with van der Waals surface area (Å²) in [5.74, 6) is 0.262. The fourth-order valence-corrected chi connectivity index (χ4v) is 4.03. The lowest BCUT2D eigenvalue weighted by Crippen LogP contribution is -2.13. The number of carbonyl (C=O) groups excluding carboxylic acids is 1. The number of thiazole rings is 1. The highest BCUT2D eigenvalue weighted by atomic mass is 32.1. The van der Waals surface area contributed by atoms with Crippen molar-refractivity contribution in [3.05, 3.63) is 70.9 Å². The van der Waals surface area contributed by atoms with Crippen molar-refractivity contribution < 1.29 is 22.7 Å². The summed E-state index contributed by atoms with van der Waals surface area (Å²) >= 11 is 1.18. The average Bonchev–Trinajstić information content (AvgIpc) is 3.27. The molecule has 1 N–H and O–H groups in total. The van der Waals surface area contributed by atoms with Crippen molar-refractivity contribution in [2.45, 2.75) is 13.1 Å². The summed E-state index contributed by atoms with van der Waals surface area (Å²) in [4.78, 5) is 18.2. The Hall–Kier alpha value is -3.33. The second-order valence-corrected chi connectivity index (χ2v) is 7.53. The zero-order valence-corrected chi connectivity index (χ0v) is 16.8. The van der Waals surface area contributed by atoms with Gasteiger partial charge >= 0.3 is 6.18 Å². The minimum absolute atomic E-state index is 0.0826. The maximum absolute atomic E-state index is 12.9. The molecule has 2 heterocycles. The Morgan fingerprint density at radius 3 is 2.53 bits per heavy atom. The molecule has 0 radical (unpaired) electrons. The molecule has 2 aromatic carbocycles. The number of amides is 1. The molecule has 0 spiro atoms. The molecule has 0 aliphatic rings. The van der Waals surface area contributed by atoms with E-state index in [0.717, 1.165) is 29.1 Å². The van der Waals surface area contributed by atoms with Crippen LogP contribution in [-0.4, -0.2) is 22.4 Å². The molecule has 9 heteroatoms. The summed E-state index contributed by atoms with van der Waals surface area (Å²) in [6.07, 6.45) is -2.65. The number of rotatable bonds is 4. The number of hydrogen-bond acceptors (Lipinski definition) is 4. The number of benzene rings is 2. The lowest BCUT2D eigenvalue weighted by atomic mass is 10.2. The van der Waals surface area contributed by atoms with Crippen LogP contribution in [0.25, 0.3) is 16.2 Å². The fraction of sp³-hybridized carbons (Fsp3) is 0.143. The number of imidazole rings is 1. The van der Waals surface area contributed by atoms with Crippen LogP contribution in [0.3, 0.4) is 0 Å². The third-order valence-corrected chi connectivity index (χ3v) is 5.75. The first kappa shape index (κ1) is 20.0. The summed E-state index contributed by atoms with van der Waals surface area (Å²) in [6, 6.07) is 12.0. The van der Waals surface area contributed by atoms with Crippen LogP contribution < -0.4 is 10.1 Å². The van der Waals surface area contributed by atoms with Gasteiger partial charge in [0.05, 0.1) is 18.4 Å². The number of anilines is 1. The highest BCUT2D eigenvalue weighted by molar-refractivity contribution is 7.19. The quantitative estimate of drug-likeness (QED) is 0.454. The number of nitrogens with one attached hydrogen (secondary N) is 1. The van der Waals surface area contributed by atoms with E-state index in [9.17, 15) is 18.0 Å². The predicted molar refractivity (Wildman–Crippen MR) is 109 cm³/mol. The minimum atomic E-state index is -4.47. The zero-order chi connectivity index (χ0) is 21.5. The number of halogens is 3. The first-order valence-electron chi connectivity index (χ1n) is 8.88. The van der Waals surface area contributed by atoms with Crippen molar-refractivity contribution in [1.82, 2.24) is 9.38 Å². The molecule has 0 saturated carbocycles. The smallest absolute Gasteiger partial charge is 0.416 e.